The Balaban J connectivity index is 0.898. The average molecular weight is 1040 g/mol. The smallest absolute Gasteiger partial charge is 0.120 e. The first-order valence-electron chi connectivity index (χ1n) is 27.5. The summed E-state index contributed by atoms with van der Waals surface area (Å²) in [5.41, 5.74) is 31.1. The topological polar surface area (TPSA) is 59.8 Å². The van der Waals surface area contributed by atoms with Gasteiger partial charge >= 0.3 is 0 Å². The molecule has 3 aliphatic rings. The summed E-state index contributed by atoms with van der Waals surface area (Å²) in [5, 5.41) is 4.67. The minimum absolute atomic E-state index is 0.734. The summed E-state index contributed by atoms with van der Waals surface area (Å²) in [4.78, 5) is 18.8. The molecular weight excluding hydrogens is 985 g/mol. The van der Waals surface area contributed by atoms with Crippen LogP contribution in [-0.2, 0) is 0 Å². The summed E-state index contributed by atoms with van der Waals surface area (Å²) in [6.45, 7) is 4.23. The van der Waals surface area contributed by atoms with Crippen LogP contribution in [0.5, 0.6) is 0 Å². The van der Waals surface area contributed by atoms with Gasteiger partial charge in [0.1, 0.15) is 5.70 Å². The van der Waals surface area contributed by atoms with Crippen LogP contribution in [0.1, 0.15) is 36.0 Å². The van der Waals surface area contributed by atoms with E-state index >= 15 is 0 Å². The maximum absolute atomic E-state index is 4.77. The summed E-state index contributed by atoms with van der Waals surface area (Å²) in [5.74, 6) is 0. The highest BCUT2D eigenvalue weighted by atomic mass is 15.0. The van der Waals surface area contributed by atoms with Crippen LogP contribution in [-0.4, -0.2) is 32.3 Å². The van der Waals surface area contributed by atoms with Gasteiger partial charge in [-0.1, -0.05) is 128 Å². The molecule has 0 amide bonds. The van der Waals surface area contributed by atoms with Crippen molar-refractivity contribution in [3.8, 4) is 67.1 Å². The van der Waals surface area contributed by atoms with Gasteiger partial charge in [0.15, 0.2) is 0 Å². The van der Waals surface area contributed by atoms with E-state index in [9.17, 15) is 0 Å². The zero-order valence-corrected chi connectivity index (χ0v) is 44.3. The lowest BCUT2D eigenvalue weighted by atomic mass is 9.96. The first kappa shape index (κ1) is 47.5. The molecule has 0 saturated heterocycles. The zero-order valence-electron chi connectivity index (χ0n) is 44.3. The fourth-order valence-corrected chi connectivity index (χ4v) is 11.9. The molecule has 6 heterocycles. The number of allylic oxidation sites excluding steroid dienone is 4. The van der Waals surface area contributed by atoms with Crippen LogP contribution in [0, 0.1) is 0 Å². The molecule has 6 nitrogen and oxygen atoms in total. The van der Waals surface area contributed by atoms with Crippen LogP contribution in [0.25, 0.3) is 122 Å². The molecule has 380 valence electrons. The van der Waals surface area contributed by atoms with Crippen molar-refractivity contribution in [2.75, 3.05) is 0 Å². The molecule has 0 aliphatic carbocycles. The van der Waals surface area contributed by atoms with E-state index in [2.05, 4.69) is 243 Å². The normalized spacial score (nSPS) is 13.9. The van der Waals surface area contributed by atoms with Gasteiger partial charge in [-0.3, -0.25) is 15.0 Å². The van der Waals surface area contributed by atoms with Crippen molar-refractivity contribution in [1.82, 2.24) is 14.1 Å². The Morgan fingerprint density at radius 3 is 1.47 bits per heavy atom. The van der Waals surface area contributed by atoms with Crippen molar-refractivity contribution in [1.29, 1.82) is 0 Å². The minimum Gasteiger partial charge on any atom is -0.309 e. The third-order valence-corrected chi connectivity index (χ3v) is 15.9. The number of aliphatic imine (C=N–C) groups is 3. The van der Waals surface area contributed by atoms with E-state index in [4.69, 9.17) is 9.98 Å². The zero-order chi connectivity index (χ0) is 53.8. The summed E-state index contributed by atoms with van der Waals surface area (Å²) in [6.07, 6.45) is 16.2. The van der Waals surface area contributed by atoms with Crippen molar-refractivity contribution >= 4 is 73.1 Å². The molecule has 0 spiro atoms. The third kappa shape index (κ3) is 8.75. The lowest BCUT2D eigenvalue weighted by Crippen LogP contribution is -2.04. The van der Waals surface area contributed by atoms with Gasteiger partial charge in [0, 0.05) is 86.9 Å². The molecule has 12 aromatic rings. The van der Waals surface area contributed by atoms with Gasteiger partial charge in [0.25, 0.3) is 0 Å². The van der Waals surface area contributed by atoms with Crippen molar-refractivity contribution in [3.63, 3.8) is 0 Å². The van der Waals surface area contributed by atoms with Gasteiger partial charge in [-0.25, -0.2) is 4.99 Å². The first-order valence-corrected chi connectivity index (χ1v) is 27.5. The van der Waals surface area contributed by atoms with E-state index in [1.54, 1.807) is 12.3 Å². The molecule has 0 bridgehead atoms. The molecule has 81 heavy (non-hydrogen) atoms. The first-order chi connectivity index (χ1) is 40.0. The molecule has 6 heteroatoms. The molecule has 3 aromatic heterocycles. The Labute approximate surface area is 469 Å². The molecular formula is C75H50N6. The monoisotopic (exact) mass is 1030 g/mol. The molecule has 0 radical (unpaired) electrons. The second-order valence-corrected chi connectivity index (χ2v) is 20.9. The minimum atomic E-state index is 0.734. The highest BCUT2D eigenvalue weighted by molar-refractivity contribution is 6.14. The second kappa shape index (κ2) is 19.9. The van der Waals surface area contributed by atoms with Crippen molar-refractivity contribution in [3.05, 3.63) is 283 Å². The van der Waals surface area contributed by atoms with Gasteiger partial charge < -0.3 is 9.13 Å². The van der Waals surface area contributed by atoms with Crippen LogP contribution < -0.4 is 0 Å². The second-order valence-electron chi connectivity index (χ2n) is 20.9. The van der Waals surface area contributed by atoms with E-state index in [1.807, 2.05) is 36.8 Å². The Hall–Kier alpha value is -10.7. The lowest BCUT2D eigenvalue weighted by Gasteiger charge is -2.14. The third-order valence-electron chi connectivity index (χ3n) is 15.9. The SMILES string of the molecule is C=C1C=CN=C(c2cccc(-c3ccc4c(c3)c3cc(-c5cccc(C6=CCCC=N6)c5)ccc3n4-c3cccc(-n4c5ccc(-c6cccc(C7=C=C=CC=N7)c6)cc5c5cc(-c6cccc(-c7ccccn7)c6)ccc54)c3)c2)C1. The van der Waals surface area contributed by atoms with E-state index in [0.717, 1.165) is 159 Å². The number of fused-ring (bicyclic) bond motifs is 6. The summed E-state index contributed by atoms with van der Waals surface area (Å²) in [6, 6.07) is 77.6. The fraction of sp³-hybridized carbons (Fsp3) is 0.0400. The largest absolute Gasteiger partial charge is 0.309 e. The number of aromatic nitrogens is 3. The predicted octanol–water partition coefficient (Wildman–Crippen LogP) is 18.8. The molecule has 9 aromatic carbocycles. The molecule has 0 saturated carbocycles. The number of hydrogen-bond acceptors (Lipinski definition) is 4. The van der Waals surface area contributed by atoms with Crippen molar-refractivity contribution < 1.29 is 0 Å². The highest BCUT2D eigenvalue weighted by Crippen LogP contribution is 2.42. The molecule has 15 rings (SSSR count). The van der Waals surface area contributed by atoms with Gasteiger partial charge in [-0.05, 0) is 183 Å². The Bertz CT molecular complexity index is 4880. The van der Waals surface area contributed by atoms with Crippen molar-refractivity contribution in [2.24, 2.45) is 15.0 Å². The maximum atomic E-state index is 4.77. The van der Waals surface area contributed by atoms with Gasteiger partial charge in [0.05, 0.1) is 39.2 Å². The molecule has 0 atom stereocenters. The molecule has 3 aliphatic heterocycles. The van der Waals surface area contributed by atoms with Gasteiger partial charge in [-0.15, -0.1) is 0 Å². The highest BCUT2D eigenvalue weighted by Gasteiger charge is 2.20. The number of hydrogen-bond donors (Lipinski definition) is 0. The number of pyridine rings is 1. The Morgan fingerprint density at radius 1 is 0.432 bits per heavy atom. The lowest BCUT2D eigenvalue weighted by molar-refractivity contribution is 1.09. The van der Waals surface area contributed by atoms with Crippen LogP contribution in [0.15, 0.2) is 282 Å². The van der Waals surface area contributed by atoms with E-state index < -0.39 is 0 Å². The van der Waals surface area contributed by atoms with Crippen LogP contribution in [0.2, 0.25) is 0 Å². The Morgan fingerprint density at radius 2 is 0.938 bits per heavy atom. The van der Waals surface area contributed by atoms with E-state index in [-0.39, 0.29) is 0 Å². The summed E-state index contributed by atoms with van der Waals surface area (Å²) in [7, 11) is 0. The van der Waals surface area contributed by atoms with Gasteiger partial charge in [0.2, 0.25) is 0 Å². The molecule has 0 N–H and O–H groups in total. The fourth-order valence-electron chi connectivity index (χ4n) is 11.9. The quantitative estimate of drug-likeness (QED) is 0.126. The molecule has 0 unspecified atom stereocenters. The van der Waals surface area contributed by atoms with E-state index in [0.29, 0.717) is 0 Å². The van der Waals surface area contributed by atoms with E-state index in [1.165, 1.54) is 10.8 Å². The Kier molecular flexibility index (Phi) is 11.7. The van der Waals surface area contributed by atoms with Crippen LogP contribution in [0.3, 0.4) is 0 Å². The van der Waals surface area contributed by atoms with Gasteiger partial charge in [-0.2, -0.15) is 0 Å². The van der Waals surface area contributed by atoms with Crippen molar-refractivity contribution in [2.45, 2.75) is 19.3 Å². The number of benzene rings is 9. The molecule has 0 fully saturated rings. The maximum Gasteiger partial charge on any atom is 0.120 e. The number of rotatable bonds is 10. The summed E-state index contributed by atoms with van der Waals surface area (Å²) >= 11 is 0. The summed E-state index contributed by atoms with van der Waals surface area (Å²) < 4.78 is 4.87. The average Bonchev–Trinajstić information content (AvgIpc) is 4.13. The van der Waals surface area contributed by atoms with Crippen LogP contribution in [0.4, 0.5) is 0 Å². The predicted molar refractivity (Wildman–Crippen MR) is 339 cm³/mol. The number of nitrogens with zero attached hydrogens (tertiary/aromatic N) is 6. The van der Waals surface area contributed by atoms with Crippen LogP contribution >= 0.6 is 0 Å². The standard InChI is InChI=1S/C75H50N6/c1-49-34-38-79-71(39-49)61-20-11-16-53(43-61)57-29-33-75-67(47-57)66-46-56(52-15-10-19-60(42-52)70-25-4-7-37-78-70)28-32-74(66)81(75)63-22-12-21-62(48-63)80-72-30-26-54(50-13-8-17-58(40-50)68-23-2-5-35-76-68)44-64(72)65-45-55(27-31-73(65)80)51-14-9-18-59(41-51)69-24-3-6-36-77-69/h2,5-6,8-23,25-38,40-48H,1,4,7,39H2.